The van der Waals surface area contributed by atoms with Crippen LogP contribution in [0.2, 0.25) is 5.02 Å². The fourth-order valence-corrected chi connectivity index (χ4v) is 3.81. The lowest BCUT2D eigenvalue weighted by Gasteiger charge is -2.29. The highest BCUT2D eigenvalue weighted by atomic mass is 79.9. The predicted molar refractivity (Wildman–Crippen MR) is 122 cm³/mol. The van der Waals surface area contributed by atoms with Gasteiger partial charge in [0, 0.05) is 21.5 Å². The van der Waals surface area contributed by atoms with Crippen LogP contribution in [0.25, 0.3) is 0 Å². The Morgan fingerprint density at radius 3 is 2.41 bits per heavy atom. The molecule has 0 radical (unpaired) electrons. The molecule has 0 saturated carbocycles. The number of halogens is 3. The van der Waals surface area contributed by atoms with Crippen molar-refractivity contribution in [2.24, 2.45) is 0 Å². The molecule has 0 bridgehead atoms. The molecule has 2 rings (SSSR count). The number of nitrogens with one attached hydrogen (secondary N) is 1. The molecule has 8 heteroatoms. The molecule has 0 heterocycles. The van der Waals surface area contributed by atoms with Crippen molar-refractivity contribution in [1.82, 2.24) is 10.2 Å². The minimum atomic E-state index is -0.659. The van der Waals surface area contributed by atoms with Crippen LogP contribution in [0.4, 0.5) is 0 Å². The summed E-state index contributed by atoms with van der Waals surface area (Å²) >= 11 is 12.9. The molecule has 5 nitrogen and oxygen atoms in total. The molecule has 0 aliphatic heterocycles. The van der Waals surface area contributed by atoms with Crippen LogP contribution in [-0.4, -0.2) is 35.4 Å². The van der Waals surface area contributed by atoms with Crippen molar-refractivity contribution in [1.29, 1.82) is 0 Å². The Morgan fingerprint density at radius 1 is 1.10 bits per heavy atom. The second kappa shape index (κ2) is 11.0. The maximum absolute atomic E-state index is 13.0. The van der Waals surface area contributed by atoms with Gasteiger partial charge in [-0.05, 0) is 56.7 Å². The van der Waals surface area contributed by atoms with Gasteiger partial charge in [0.15, 0.2) is 6.61 Å². The Kier molecular flexibility index (Phi) is 8.99. The lowest BCUT2D eigenvalue weighted by atomic mass is 10.1. The summed E-state index contributed by atoms with van der Waals surface area (Å²) in [5.41, 5.74) is 0.901. The molecule has 2 aromatic rings. The maximum Gasteiger partial charge on any atom is 0.261 e. The highest BCUT2D eigenvalue weighted by Crippen LogP contribution is 2.27. The van der Waals surface area contributed by atoms with Crippen LogP contribution in [0.1, 0.15) is 26.3 Å². The Morgan fingerprint density at radius 2 is 1.79 bits per heavy atom. The smallest absolute Gasteiger partial charge is 0.261 e. The standard InChI is InChI=1S/C21H23Br2ClN2O3/c1-13(2)25-21(28)14(3)26(11-15-5-4-6-16(22)9-15)20(27)12-29-19-8-7-17(23)10-18(19)24/h4-10,13-14H,11-12H2,1-3H3,(H,25,28). The maximum atomic E-state index is 13.0. The van der Waals surface area contributed by atoms with Gasteiger partial charge in [0.25, 0.3) is 5.91 Å². The number of hydrogen-bond acceptors (Lipinski definition) is 3. The molecule has 0 aliphatic carbocycles. The summed E-state index contributed by atoms with van der Waals surface area (Å²) in [6, 6.07) is 12.1. The highest BCUT2D eigenvalue weighted by Gasteiger charge is 2.27. The first-order valence-corrected chi connectivity index (χ1v) is 11.1. The molecule has 1 N–H and O–H groups in total. The van der Waals surface area contributed by atoms with E-state index in [0.29, 0.717) is 10.8 Å². The predicted octanol–water partition coefficient (Wildman–Crippen LogP) is 5.19. The zero-order valence-electron chi connectivity index (χ0n) is 16.4. The minimum Gasteiger partial charge on any atom is -0.482 e. The monoisotopic (exact) mass is 544 g/mol. The molecule has 2 amide bonds. The number of amides is 2. The lowest BCUT2D eigenvalue weighted by Crippen LogP contribution is -2.50. The summed E-state index contributed by atoms with van der Waals surface area (Å²) in [5, 5.41) is 3.25. The van der Waals surface area contributed by atoms with E-state index >= 15 is 0 Å². The van der Waals surface area contributed by atoms with Crippen molar-refractivity contribution < 1.29 is 14.3 Å². The van der Waals surface area contributed by atoms with E-state index in [1.54, 1.807) is 25.1 Å². The molecule has 0 fully saturated rings. The van der Waals surface area contributed by atoms with Crippen molar-refractivity contribution in [3.05, 3.63) is 62.0 Å². The second-order valence-electron chi connectivity index (χ2n) is 6.85. The van der Waals surface area contributed by atoms with Crippen molar-refractivity contribution in [3.8, 4) is 5.75 Å². The number of rotatable bonds is 8. The van der Waals surface area contributed by atoms with Gasteiger partial charge in [-0.2, -0.15) is 0 Å². The van der Waals surface area contributed by atoms with Crippen LogP contribution in [0.3, 0.4) is 0 Å². The van der Waals surface area contributed by atoms with Crippen molar-refractivity contribution in [3.63, 3.8) is 0 Å². The highest BCUT2D eigenvalue weighted by molar-refractivity contribution is 9.10. The van der Waals surface area contributed by atoms with Gasteiger partial charge in [-0.15, -0.1) is 0 Å². The Balaban J connectivity index is 2.17. The zero-order chi connectivity index (χ0) is 21.6. The third-order valence-corrected chi connectivity index (χ3v) is 5.37. The zero-order valence-corrected chi connectivity index (χ0v) is 20.3. The normalized spacial score (nSPS) is 11.8. The topological polar surface area (TPSA) is 58.6 Å². The van der Waals surface area contributed by atoms with Crippen LogP contribution in [0.15, 0.2) is 51.4 Å². The molecule has 0 spiro atoms. The van der Waals surface area contributed by atoms with Gasteiger partial charge >= 0.3 is 0 Å². The lowest BCUT2D eigenvalue weighted by molar-refractivity contribution is -0.142. The fraction of sp³-hybridized carbons (Fsp3) is 0.333. The molecule has 156 valence electrons. The second-order valence-corrected chi connectivity index (χ2v) is 9.09. The number of hydrogen-bond donors (Lipinski definition) is 1. The van der Waals surface area contributed by atoms with Gasteiger partial charge < -0.3 is 15.0 Å². The fourth-order valence-electron chi connectivity index (χ4n) is 2.63. The molecule has 2 aromatic carbocycles. The largest absolute Gasteiger partial charge is 0.482 e. The van der Waals surface area contributed by atoms with E-state index < -0.39 is 6.04 Å². The van der Waals surface area contributed by atoms with Crippen LogP contribution in [-0.2, 0) is 16.1 Å². The number of nitrogens with zero attached hydrogens (tertiary/aromatic N) is 1. The molecule has 1 unspecified atom stereocenters. The third-order valence-electron chi connectivity index (χ3n) is 4.09. The summed E-state index contributed by atoms with van der Waals surface area (Å²) in [7, 11) is 0. The quantitative estimate of drug-likeness (QED) is 0.496. The van der Waals surface area contributed by atoms with Gasteiger partial charge in [0.2, 0.25) is 5.91 Å². The summed E-state index contributed by atoms with van der Waals surface area (Å²) in [5.74, 6) is -0.120. The summed E-state index contributed by atoms with van der Waals surface area (Å²) in [6.45, 7) is 5.52. The van der Waals surface area contributed by atoms with Gasteiger partial charge in [-0.1, -0.05) is 55.6 Å². The number of carbonyl (C=O) groups is 2. The van der Waals surface area contributed by atoms with Crippen LogP contribution in [0, 0.1) is 0 Å². The first-order chi connectivity index (χ1) is 13.7. The minimum absolute atomic E-state index is 0.0226. The molecular weight excluding hydrogens is 524 g/mol. The van der Waals surface area contributed by atoms with E-state index in [-0.39, 0.29) is 31.0 Å². The van der Waals surface area contributed by atoms with Gasteiger partial charge in [0.05, 0.1) is 5.02 Å². The first-order valence-electron chi connectivity index (χ1n) is 9.09. The number of carbonyl (C=O) groups excluding carboxylic acids is 2. The van der Waals surface area contributed by atoms with Gasteiger partial charge in [0.1, 0.15) is 11.8 Å². The molecule has 1 atom stereocenters. The van der Waals surface area contributed by atoms with E-state index in [4.69, 9.17) is 16.3 Å². The molecule has 0 saturated heterocycles. The average Bonchev–Trinajstić information content (AvgIpc) is 2.64. The Labute approximate surface area is 193 Å². The molecular formula is C21H23Br2ClN2O3. The van der Waals surface area contributed by atoms with Gasteiger partial charge in [-0.3, -0.25) is 9.59 Å². The van der Waals surface area contributed by atoms with Crippen molar-refractivity contribution in [2.75, 3.05) is 6.61 Å². The molecule has 29 heavy (non-hydrogen) atoms. The van der Waals surface area contributed by atoms with E-state index in [1.807, 2.05) is 38.1 Å². The van der Waals surface area contributed by atoms with E-state index in [0.717, 1.165) is 14.5 Å². The van der Waals surface area contributed by atoms with Crippen LogP contribution in [0.5, 0.6) is 5.75 Å². The van der Waals surface area contributed by atoms with E-state index in [2.05, 4.69) is 37.2 Å². The Hall–Kier alpha value is -1.57. The average molecular weight is 547 g/mol. The van der Waals surface area contributed by atoms with Crippen LogP contribution < -0.4 is 10.1 Å². The molecule has 0 aliphatic rings. The Bertz CT molecular complexity index is 877. The third kappa shape index (κ3) is 7.32. The summed E-state index contributed by atoms with van der Waals surface area (Å²) in [6.07, 6.45) is 0. The van der Waals surface area contributed by atoms with E-state index in [9.17, 15) is 9.59 Å². The molecule has 0 aromatic heterocycles. The first kappa shape index (κ1) is 23.7. The van der Waals surface area contributed by atoms with Gasteiger partial charge in [-0.25, -0.2) is 0 Å². The summed E-state index contributed by atoms with van der Waals surface area (Å²) in [4.78, 5) is 27.0. The summed E-state index contributed by atoms with van der Waals surface area (Å²) < 4.78 is 7.34. The van der Waals surface area contributed by atoms with Crippen molar-refractivity contribution >= 4 is 55.3 Å². The number of benzene rings is 2. The number of ether oxygens (including phenoxy) is 1. The van der Waals surface area contributed by atoms with Crippen molar-refractivity contribution in [2.45, 2.75) is 39.4 Å². The SMILES string of the molecule is CC(C)NC(=O)C(C)N(Cc1cccc(Br)c1)C(=O)COc1ccc(Br)cc1Cl. The van der Waals surface area contributed by atoms with E-state index in [1.165, 1.54) is 4.90 Å². The van der Waals surface area contributed by atoms with Crippen LogP contribution >= 0.6 is 43.5 Å².